The third-order valence-corrected chi connectivity index (χ3v) is 3.30. The van der Waals surface area contributed by atoms with Gasteiger partial charge in [-0.25, -0.2) is 4.39 Å². The third-order valence-electron chi connectivity index (χ3n) is 3.30. The highest BCUT2D eigenvalue weighted by atomic mass is 19.1. The molecule has 0 radical (unpaired) electrons. The van der Waals surface area contributed by atoms with Gasteiger partial charge in [-0.2, -0.15) is 0 Å². The average molecular weight is 285 g/mol. The summed E-state index contributed by atoms with van der Waals surface area (Å²) in [5.74, 6) is 1.24. The van der Waals surface area contributed by atoms with Gasteiger partial charge in [0.15, 0.2) is 0 Å². The van der Waals surface area contributed by atoms with Gasteiger partial charge in [-0.3, -0.25) is 0 Å². The molecule has 0 saturated heterocycles. The highest BCUT2D eigenvalue weighted by molar-refractivity contribution is 5.78. The first kappa shape index (κ1) is 13.6. The Balaban J connectivity index is 1.63. The SMILES string of the molecule is NCc1ccc2oc(CCOc3ccc(F)cc3)cc2c1. The van der Waals surface area contributed by atoms with E-state index in [1.807, 2.05) is 24.3 Å². The smallest absolute Gasteiger partial charge is 0.134 e. The van der Waals surface area contributed by atoms with Crippen LogP contribution in [0.5, 0.6) is 5.75 Å². The van der Waals surface area contributed by atoms with E-state index in [1.165, 1.54) is 12.1 Å². The van der Waals surface area contributed by atoms with E-state index >= 15 is 0 Å². The number of nitrogens with two attached hydrogens (primary N) is 1. The van der Waals surface area contributed by atoms with Gasteiger partial charge in [0.1, 0.15) is 22.9 Å². The molecule has 108 valence electrons. The summed E-state index contributed by atoms with van der Waals surface area (Å²) >= 11 is 0. The van der Waals surface area contributed by atoms with E-state index in [4.69, 9.17) is 14.9 Å². The molecular formula is C17H16FNO2. The first-order chi connectivity index (χ1) is 10.2. The molecule has 0 atom stereocenters. The first-order valence-electron chi connectivity index (χ1n) is 6.84. The van der Waals surface area contributed by atoms with E-state index in [0.717, 1.165) is 22.3 Å². The van der Waals surface area contributed by atoms with Gasteiger partial charge < -0.3 is 14.9 Å². The number of ether oxygens (including phenoxy) is 1. The van der Waals surface area contributed by atoms with E-state index in [0.29, 0.717) is 25.3 Å². The molecule has 0 saturated carbocycles. The number of furan rings is 1. The summed E-state index contributed by atoms with van der Waals surface area (Å²) in [6.45, 7) is 0.999. The van der Waals surface area contributed by atoms with Crippen LogP contribution < -0.4 is 10.5 Å². The quantitative estimate of drug-likeness (QED) is 0.778. The van der Waals surface area contributed by atoms with Crippen molar-refractivity contribution in [2.24, 2.45) is 5.73 Å². The molecule has 0 spiro atoms. The molecule has 2 aromatic carbocycles. The summed E-state index contributed by atoms with van der Waals surface area (Å²) in [6.07, 6.45) is 0.657. The van der Waals surface area contributed by atoms with Gasteiger partial charge >= 0.3 is 0 Å². The van der Waals surface area contributed by atoms with Gasteiger partial charge in [0, 0.05) is 18.4 Å². The third kappa shape index (κ3) is 3.23. The Labute approximate surface area is 122 Å². The molecule has 0 aliphatic carbocycles. The fourth-order valence-corrected chi connectivity index (χ4v) is 2.20. The maximum absolute atomic E-state index is 12.8. The Kier molecular flexibility index (Phi) is 3.88. The Hall–Kier alpha value is -2.33. The molecule has 21 heavy (non-hydrogen) atoms. The van der Waals surface area contributed by atoms with E-state index in [-0.39, 0.29) is 5.82 Å². The number of fused-ring (bicyclic) bond motifs is 1. The van der Waals surface area contributed by atoms with Crippen LogP contribution in [0, 0.1) is 5.82 Å². The molecule has 3 rings (SSSR count). The summed E-state index contributed by atoms with van der Waals surface area (Å²) in [6, 6.07) is 13.9. The minimum absolute atomic E-state index is 0.268. The van der Waals surface area contributed by atoms with Crippen LogP contribution >= 0.6 is 0 Å². The molecule has 3 aromatic rings. The van der Waals surface area contributed by atoms with Crippen molar-refractivity contribution in [3.8, 4) is 5.75 Å². The predicted molar refractivity (Wildman–Crippen MR) is 79.7 cm³/mol. The minimum Gasteiger partial charge on any atom is -0.493 e. The van der Waals surface area contributed by atoms with Crippen molar-refractivity contribution < 1.29 is 13.5 Å². The number of hydrogen-bond donors (Lipinski definition) is 1. The first-order valence-corrected chi connectivity index (χ1v) is 6.84. The summed E-state index contributed by atoms with van der Waals surface area (Å²) in [5, 5.41) is 1.05. The fraction of sp³-hybridized carbons (Fsp3) is 0.176. The predicted octanol–water partition coefficient (Wildman–Crippen LogP) is 3.65. The van der Waals surface area contributed by atoms with Crippen LogP contribution in [0.2, 0.25) is 0 Å². The second kappa shape index (κ2) is 5.97. The summed E-state index contributed by atoms with van der Waals surface area (Å²) < 4.78 is 24.1. The molecule has 0 bridgehead atoms. The number of halogens is 1. The summed E-state index contributed by atoms with van der Waals surface area (Å²) in [7, 11) is 0. The minimum atomic E-state index is -0.268. The van der Waals surface area contributed by atoms with Gasteiger partial charge in [0.2, 0.25) is 0 Å². The summed E-state index contributed by atoms with van der Waals surface area (Å²) in [5.41, 5.74) is 7.56. The van der Waals surface area contributed by atoms with Crippen LogP contribution in [0.1, 0.15) is 11.3 Å². The molecule has 1 aromatic heterocycles. The lowest BCUT2D eigenvalue weighted by Gasteiger charge is -2.04. The normalized spacial score (nSPS) is 11.0. The maximum atomic E-state index is 12.8. The average Bonchev–Trinajstić information content (AvgIpc) is 2.91. The van der Waals surface area contributed by atoms with Crippen LogP contribution in [0.4, 0.5) is 4.39 Å². The highest BCUT2D eigenvalue weighted by Crippen LogP contribution is 2.21. The monoisotopic (exact) mass is 285 g/mol. The summed E-state index contributed by atoms with van der Waals surface area (Å²) in [4.78, 5) is 0. The van der Waals surface area contributed by atoms with Crippen LogP contribution in [0.3, 0.4) is 0 Å². The van der Waals surface area contributed by atoms with Crippen molar-refractivity contribution >= 4 is 11.0 Å². The lowest BCUT2D eigenvalue weighted by Crippen LogP contribution is -2.00. The fourth-order valence-electron chi connectivity index (χ4n) is 2.20. The van der Waals surface area contributed by atoms with Gasteiger partial charge in [0.05, 0.1) is 6.61 Å². The highest BCUT2D eigenvalue weighted by Gasteiger charge is 2.05. The van der Waals surface area contributed by atoms with E-state index in [1.54, 1.807) is 12.1 Å². The molecule has 0 fully saturated rings. The zero-order valence-electron chi connectivity index (χ0n) is 11.5. The van der Waals surface area contributed by atoms with E-state index in [2.05, 4.69) is 0 Å². The maximum Gasteiger partial charge on any atom is 0.134 e. The van der Waals surface area contributed by atoms with E-state index in [9.17, 15) is 4.39 Å². The zero-order chi connectivity index (χ0) is 14.7. The Morgan fingerprint density at radius 3 is 2.62 bits per heavy atom. The number of rotatable bonds is 5. The van der Waals surface area contributed by atoms with Crippen molar-refractivity contribution in [3.63, 3.8) is 0 Å². The number of benzene rings is 2. The molecular weight excluding hydrogens is 269 g/mol. The van der Waals surface area contributed by atoms with Crippen LogP contribution in [-0.4, -0.2) is 6.61 Å². The lowest BCUT2D eigenvalue weighted by atomic mass is 10.1. The molecule has 1 heterocycles. The standard InChI is InChI=1S/C17H16FNO2/c18-14-2-4-15(5-3-14)20-8-7-16-10-13-9-12(11-19)1-6-17(13)21-16/h1-6,9-10H,7-8,11,19H2. The van der Waals surface area contributed by atoms with Crippen LogP contribution in [0.15, 0.2) is 52.9 Å². The van der Waals surface area contributed by atoms with E-state index < -0.39 is 0 Å². The Morgan fingerprint density at radius 2 is 1.86 bits per heavy atom. The van der Waals surface area contributed by atoms with Gasteiger partial charge in [0.25, 0.3) is 0 Å². The topological polar surface area (TPSA) is 48.4 Å². The molecule has 0 aliphatic heterocycles. The lowest BCUT2D eigenvalue weighted by molar-refractivity contribution is 0.310. The zero-order valence-corrected chi connectivity index (χ0v) is 11.5. The van der Waals surface area contributed by atoms with Crippen molar-refractivity contribution in [1.29, 1.82) is 0 Å². The van der Waals surface area contributed by atoms with Gasteiger partial charge in [-0.05, 0) is 48.0 Å². The largest absolute Gasteiger partial charge is 0.493 e. The van der Waals surface area contributed by atoms with Crippen molar-refractivity contribution in [1.82, 2.24) is 0 Å². The Morgan fingerprint density at radius 1 is 1.05 bits per heavy atom. The van der Waals surface area contributed by atoms with Gasteiger partial charge in [-0.1, -0.05) is 6.07 Å². The second-order valence-electron chi connectivity index (χ2n) is 4.84. The van der Waals surface area contributed by atoms with Crippen molar-refractivity contribution in [2.75, 3.05) is 6.61 Å². The Bertz CT molecular complexity index is 734. The van der Waals surface area contributed by atoms with Crippen LogP contribution in [0.25, 0.3) is 11.0 Å². The molecule has 4 heteroatoms. The van der Waals surface area contributed by atoms with Crippen LogP contribution in [-0.2, 0) is 13.0 Å². The molecule has 0 unspecified atom stereocenters. The van der Waals surface area contributed by atoms with Gasteiger partial charge in [-0.15, -0.1) is 0 Å². The number of hydrogen-bond acceptors (Lipinski definition) is 3. The van der Waals surface area contributed by atoms with Crippen molar-refractivity contribution in [3.05, 3.63) is 65.7 Å². The molecule has 2 N–H and O–H groups in total. The molecule has 0 aliphatic rings. The second-order valence-corrected chi connectivity index (χ2v) is 4.84. The molecule has 3 nitrogen and oxygen atoms in total. The van der Waals surface area contributed by atoms with Crippen molar-refractivity contribution in [2.45, 2.75) is 13.0 Å². The molecule has 0 amide bonds.